The first-order chi connectivity index (χ1) is 5.11. The lowest BCUT2D eigenvalue weighted by atomic mass is 10.1. The largest absolute Gasteiger partial charge is 0.462 e. The smallest absolute Gasteiger partial charge is 0.305 e. The minimum absolute atomic E-state index is 0.0921. The third kappa shape index (κ3) is 4.02. The second-order valence-electron chi connectivity index (χ2n) is 3.03. The number of ether oxygens (including phenoxy) is 1. The number of hydrogen-bond donors (Lipinski definition) is 0. The molecule has 66 valence electrons. The average Bonchev–Trinajstić information content (AvgIpc) is 1.99. The lowest BCUT2D eigenvalue weighted by Gasteiger charge is -2.18. The van der Waals surface area contributed by atoms with Crippen LogP contribution < -0.4 is 0 Å². The first-order valence-electron chi connectivity index (χ1n) is 4.31. The van der Waals surface area contributed by atoms with Crippen LogP contribution in [0.2, 0.25) is 0 Å². The Morgan fingerprint density at radius 2 is 1.91 bits per heavy atom. The number of rotatable bonds is 4. The molecule has 1 unspecified atom stereocenters. The molecule has 0 aliphatic carbocycles. The first kappa shape index (κ1) is 10.5. The van der Waals surface area contributed by atoms with E-state index in [-0.39, 0.29) is 12.1 Å². The molecule has 2 nitrogen and oxygen atoms in total. The zero-order valence-corrected chi connectivity index (χ0v) is 7.89. The van der Waals surface area contributed by atoms with E-state index in [1.54, 1.807) is 0 Å². The van der Waals surface area contributed by atoms with E-state index >= 15 is 0 Å². The fourth-order valence-corrected chi connectivity index (χ4v) is 0.943. The van der Waals surface area contributed by atoms with Crippen LogP contribution >= 0.6 is 0 Å². The van der Waals surface area contributed by atoms with Crippen molar-refractivity contribution >= 4 is 5.97 Å². The molecule has 0 spiro atoms. The molecule has 0 aromatic heterocycles. The van der Waals surface area contributed by atoms with E-state index in [0.29, 0.717) is 12.3 Å². The van der Waals surface area contributed by atoms with Crippen molar-refractivity contribution in [2.24, 2.45) is 5.92 Å². The van der Waals surface area contributed by atoms with Crippen molar-refractivity contribution < 1.29 is 9.53 Å². The highest BCUT2D eigenvalue weighted by Gasteiger charge is 2.14. The summed E-state index contributed by atoms with van der Waals surface area (Å²) in [6, 6.07) is 0. The molecule has 0 aliphatic heterocycles. The molecule has 0 N–H and O–H groups in total. The van der Waals surface area contributed by atoms with Crippen LogP contribution in [0.25, 0.3) is 0 Å². The molecule has 1 atom stereocenters. The van der Waals surface area contributed by atoms with Gasteiger partial charge in [-0.15, -0.1) is 0 Å². The SMILES string of the molecule is CCC(=O)OC(CC)C(C)C. The summed E-state index contributed by atoms with van der Waals surface area (Å²) in [7, 11) is 0. The molecular weight excluding hydrogens is 140 g/mol. The van der Waals surface area contributed by atoms with Crippen molar-refractivity contribution in [2.45, 2.75) is 46.6 Å². The number of carbonyl (C=O) groups is 1. The van der Waals surface area contributed by atoms with Gasteiger partial charge in [-0.05, 0) is 12.3 Å². The van der Waals surface area contributed by atoms with Gasteiger partial charge in [0.05, 0.1) is 0 Å². The zero-order chi connectivity index (χ0) is 8.85. The second-order valence-corrected chi connectivity index (χ2v) is 3.03. The molecule has 0 aromatic rings. The number of hydrogen-bond acceptors (Lipinski definition) is 2. The topological polar surface area (TPSA) is 26.3 Å². The standard InChI is InChI=1S/C9H18O2/c1-5-8(7(3)4)11-9(10)6-2/h7-8H,5-6H2,1-4H3. The number of esters is 1. The molecule has 0 aliphatic rings. The maximum Gasteiger partial charge on any atom is 0.305 e. The van der Waals surface area contributed by atoms with E-state index in [4.69, 9.17) is 4.74 Å². The molecule has 0 radical (unpaired) electrons. The Hall–Kier alpha value is -0.530. The van der Waals surface area contributed by atoms with Gasteiger partial charge in [0.15, 0.2) is 0 Å². The predicted octanol–water partition coefficient (Wildman–Crippen LogP) is 2.37. The van der Waals surface area contributed by atoms with Crippen LogP contribution in [-0.2, 0) is 9.53 Å². The van der Waals surface area contributed by atoms with Gasteiger partial charge >= 0.3 is 5.97 Å². The molecule has 11 heavy (non-hydrogen) atoms. The Morgan fingerprint density at radius 1 is 1.36 bits per heavy atom. The summed E-state index contributed by atoms with van der Waals surface area (Å²) >= 11 is 0. The van der Waals surface area contributed by atoms with Crippen LogP contribution in [0.5, 0.6) is 0 Å². The summed E-state index contributed by atoms with van der Waals surface area (Å²) in [6.07, 6.45) is 1.48. The van der Waals surface area contributed by atoms with Crippen LogP contribution in [-0.4, -0.2) is 12.1 Å². The first-order valence-corrected chi connectivity index (χ1v) is 4.31. The van der Waals surface area contributed by atoms with E-state index in [2.05, 4.69) is 13.8 Å². The van der Waals surface area contributed by atoms with Crippen LogP contribution in [0.4, 0.5) is 0 Å². The maximum absolute atomic E-state index is 10.9. The molecule has 0 rings (SSSR count). The molecule has 0 bridgehead atoms. The van der Waals surface area contributed by atoms with Crippen molar-refractivity contribution in [3.8, 4) is 0 Å². The lowest BCUT2D eigenvalue weighted by Crippen LogP contribution is -2.22. The summed E-state index contributed by atoms with van der Waals surface area (Å²) in [6.45, 7) is 7.98. The molecule has 0 amide bonds. The quantitative estimate of drug-likeness (QED) is 0.587. The van der Waals surface area contributed by atoms with Gasteiger partial charge < -0.3 is 4.74 Å². The van der Waals surface area contributed by atoms with Crippen molar-refractivity contribution in [3.63, 3.8) is 0 Å². The van der Waals surface area contributed by atoms with E-state index in [9.17, 15) is 4.79 Å². The molecule has 0 saturated heterocycles. The molecule has 0 aromatic carbocycles. The van der Waals surface area contributed by atoms with Gasteiger partial charge in [-0.25, -0.2) is 0 Å². The van der Waals surface area contributed by atoms with E-state index in [1.165, 1.54) is 0 Å². The molecule has 2 heteroatoms. The van der Waals surface area contributed by atoms with Crippen molar-refractivity contribution in [1.29, 1.82) is 0 Å². The normalized spacial score (nSPS) is 13.2. The monoisotopic (exact) mass is 158 g/mol. The molecular formula is C9H18O2. The molecule has 0 fully saturated rings. The molecule has 0 heterocycles. The fourth-order valence-electron chi connectivity index (χ4n) is 0.943. The van der Waals surface area contributed by atoms with Crippen molar-refractivity contribution in [2.75, 3.05) is 0 Å². The van der Waals surface area contributed by atoms with Crippen LogP contribution in [0.3, 0.4) is 0 Å². The summed E-state index contributed by atoms with van der Waals surface area (Å²) in [5, 5.41) is 0. The predicted molar refractivity (Wildman–Crippen MR) is 45.3 cm³/mol. The Morgan fingerprint density at radius 3 is 2.18 bits per heavy atom. The highest BCUT2D eigenvalue weighted by Crippen LogP contribution is 2.10. The second kappa shape index (κ2) is 5.16. The molecule has 0 saturated carbocycles. The Balaban J connectivity index is 3.78. The van der Waals surface area contributed by atoms with Gasteiger partial charge in [-0.1, -0.05) is 27.7 Å². The lowest BCUT2D eigenvalue weighted by molar-refractivity contribution is -0.151. The third-order valence-corrected chi connectivity index (χ3v) is 1.72. The zero-order valence-electron chi connectivity index (χ0n) is 7.89. The minimum atomic E-state index is -0.0921. The van der Waals surface area contributed by atoms with Crippen molar-refractivity contribution in [3.05, 3.63) is 0 Å². The summed E-state index contributed by atoms with van der Waals surface area (Å²) in [5.41, 5.74) is 0. The van der Waals surface area contributed by atoms with Gasteiger partial charge in [0, 0.05) is 6.42 Å². The third-order valence-electron chi connectivity index (χ3n) is 1.72. The van der Waals surface area contributed by atoms with E-state index < -0.39 is 0 Å². The average molecular weight is 158 g/mol. The van der Waals surface area contributed by atoms with Gasteiger partial charge in [0.25, 0.3) is 0 Å². The summed E-state index contributed by atoms with van der Waals surface area (Å²) < 4.78 is 5.17. The van der Waals surface area contributed by atoms with Crippen LogP contribution in [0, 0.1) is 5.92 Å². The Labute approximate surface area is 68.9 Å². The Bertz CT molecular complexity index is 119. The van der Waals surface area contributed by atoms with Gasteiger partial charge in [0.2, 0.25) is 0 Å². The highest BCUT2D eigenvalue weighted by atomic mass is 16.5. The van der Waals surface area contributed by atoms with Crippen LogP contribution in [0.1, 0.15) is 40.5 Å². The van der Waals surface area contributed by atoms with Gasteiger partial charge in [-0.2, -0.15) is 0 Å². The van der Waals surface area contributed by atoms with E-state index in [1.807, 2.05) is 13.8 Å². The van der Waals surface area contributed by atoms with Gasteiger partial charge in [-0.3, -0.25) is 4.79 Å². The maximum atomic E-state index is 10.9. The van der Waals surface area contributed by atoms with Crippen molar-refractivity contribution in [1.82, 2.24) is 0 Å². The van der Waals surface area contributed by atoms with Crippen LogP contribution in [0.15, 0.2) is 0 Å². The van der Waals surface area contributed by atoms with Gasteiger partial charge in [0.1, 0.15) is 6.10 Å². The number of carbonyl (C=O) groups excluding carboxylic acids is 1. The summed E-state index contributed by atoms with van der Waals surface area (Å²) in [5.74, 6) is 0.334. The Kier molecular flexibility index (Phi) is 4.92. The van der Waals surface area contributed by atoms with E-state index in [0.717, 1.165) is 6.42 Å². The minimum Gasteiger partial charge on any atom is -0.462 e. The highest BCUT2D eigenvalue weighted by molar-refractivity contribution is 5.69. The fraction of sp³-hybridized carbons (Fsp3) is 0.889. The summed E-state index contributed by atoms with van der Waals surface area (Å²) in [4.78, 5) is 10.9.